The molecule has 2 saturated heterocycles. The van der Waals surface area contributed by atoms with Gasteiger partial charge < -0.3 is 25.1 Å². The number of carbonyl (C=O) groups excluding carboxylic acids is 5. The maximum absolute atomic E-state index is 12.8. The molecule has 0 atom stereocenters. The van der Waals surface area contributed by atoms with E-state index in [2.05, 4.69) is 15.3 Å². The third-order valence-electron chi connectivity index (χ3n) is 9.97. The monoisotopic (exact) mass is 816 g/mol. The number of piperazine rings is 2. The van der Waals surface area contributed by atoms with Crippen molar-refractivity contribution in [3.63, 3.8) is 0 Å². The SMILES string of the molecule is O=C(O)c1ccc(C(=O)c2ccccc2)cc1.O=C(c1ccccc1)c1ccc(C(=O)N2CCN(C(=O)c3ccncc3)CC2)cc1.O=C(c1ccncc1)N1CCNCC1. The minimum absolute atomic E-state index is 0.0479. The summed E-state index contributed by atoms with van der Waals surface area (Å²) < 4.78 is 0. The number of hydrogen-bond donors (Lipinski definition) is 2. The Balaban J connectivity index is 0.000000169. The van der Waals surface area contributed by atoms with E-state index in [9.17, 15) is 28.8 Å². The minimum Gasteiger partial charge on any atom is -0.478 e. The molecule has 2 fully saturated rings. The lowest BCUT2D eigenvalue weighted by Gasteiger charge is -2.34. The van der Waals surface area contributed by atoms with Crippen molar-refractivity contribution in [2.45, 2.75) is 0 Å². The van der Waals surface area contributed by atoms with E-state index in [1.807, 2.05) is 29.2 Å². The highest BCUT2D eigenvalue weighted by atomic mass is 16.4. The second kappa shape index (κ2) is 21.4. The van der Waals surface area contributed by atoms with Gasteiger partial charge in [0.2, 0.25) is 0 Å². The van der Waals surface area contributed by atoms with Crippen LogP contribution < -0.4 is 5.32 Å². The topological polar surface area (TPSA) is 170 Å². The van der Waals surface area contributed by atoms with Crippen molar-refractivity contribution in [3.8, 4) is 0 Å². The standard InChI is InChI=1S/C24H21N3O3.C14H10O3.C10H13N3O/c28-22(18-4-2-1-3-5-18)19-6-8-20(9-7-19)23(29)26-14-16-27(17-15-26)24(30)21-10-12-25-13-11-21;15-13(10-4-2-1-3-5-10)11-6-8-12(9-7-11)14(16)17;14-10(9-1-3-11-4-2-9)13-7-5-12-6-8-13/h1-13H,14-17H2;1-9H,(H,16,17);1-4,12H,5-8H2. The van der Waals surface area contributed by atoms with Crippen LogP contribution in [0.15, 0.2) is 158 Å². The van der Waals surface area contributed by atoms with Crippen LogP contribution in [0.1, 0.15) is 73.3 Å². The van der Waals surface area contributed by atoms with E-state index in [-0.39, 0.29) is 34.9 Å². The van der Waals surface area contributed by atoms with Crippen molar-refractivity contribution < 1.29 is 33.9 Å². The molecular formula is C48H44N6O7. The van der Waals surface area contributed by atoms with Gasteiger partial charge in [-0.1, -0.05) is 84.9 Å². The van der Waals surface area contributed by atoms with Crippen LogP contribution in [0.5, 0.6) is 0 Å². The molecule has 6 aromatic rings. The van der Waals surface area contributed by atoms with Crippen molar-refractivity contribution in [2.24, 2.45) is 0 Å². The summed E-state index contributed by atoms with van der Waals surface area (Å²) in [6.45, 7) is 5.27. The number of carboxylic acids is 1. The third-order valence-corrected chi connectivity index (χ3v) is 9.97. The Labute approximate surface area is 353 Å². The lowest BCUT2D eigenvalue weighted by Crippen LogP contribution is -2.50. The first-order valence-electron chi connectivity index (χ1n) is 19.7. The number of rotatable bonds is 8. The summed E-state index contributed by atoms with van der Waals surface area (Å²) in [5, 5.41) is 12.0. The van der Waals surface area contributed by atoms with Crippen LogP contribution in [0.25, 0.3) is 0 Å². The molecule has 2 N–H and O–H groups in total. The normalized spacial score (nSPS) is 13.3. The number of aromatic nitrogens is 2. The summed E-state index contributed by atoms with van der Waals surface area (Å²) in [6, 6.07) is 37.5. The summed E-state index contributed by atoms with van der Waals surface area (Å²) in [7, 11) is 0. The number of carbonyl (C=O) groups is 6. The molecule has 2 aliphatic rings. The van der Waals surface area contributed by atoms with Gasteiger partial charge in [-0.15, -0.1) is 0 Å². The molecule has 8 rings (SSSR count). The number of benzene rings is 4. The first-order valence-corrected chi connectivity index (χ1v) is 19.7. The first-order chi connectivity index (χ1) is 29.7. The fourth-order valence-electron chi connectivity index (χ4n) is 6.56. The lowest BCUT2D eigenvalue weighted by atomic mass is 10.0. The Kier molecular flexibility index (Phi) is 15.1. The zero-order chi connectivity index (χ0) is 43.0. The largest absolute Gasteiger partial charge is 0.478 e. The van der Waals surface area contributed by atoms with E-state index >= 15 is 0 Å². The number of aromatic carboxylic acids is 1. The van der Waals surface area contributed by atoms with Gasteiger partial charge in [-0.05, 0) is 48.5 Å². The van der Waals surface area contributed by atoms with Crippen LogP contribution >= 0.6 is 0 Å². The van der Waals surface area contributed by atoms with E-state index in [4.69, 9.17) is 5.11 Å². The van der Waals surface area contributed by atoms with Crippen LogP contribution in [0.2, 0.25) is 0 Å². The molecule has 4 aromatic carbocycles. The maximum Gasteiger partial charge on any atom is 0.335 e. The Morgan fingerprint density at radius 2 is 0.672 bits per heavy atom. The van der Waals surface area contributed by atoms with Gasteiger partial charge in [0.15, 0.2) is 11.6 Å². The molecule has 61 heavy (non-hydrogen) atoms. The fourth-order valence-corrected chi connectivity index (χ4v) is 6.56. The Bertz CT molecular complexity index is 2400. The maximum atomic E-state index is 12.8. The molecule has 308 valence electrons. The molecule has 0 aliphatic carbocycles. The van der Waals surface area contributed by atoms with Crippen molar-refractivity contribution in [1.29, 1.82) is 0 Å². The first kappa shape index (κ1) is 43.0. The van der Waals surface area contributed by atoms with Crippen molar-refractivity contribution in [2.75, 3.05) is 52.4 Å². The van der Waals surface area contributed by atoms with Crippen LogP contribution in [0.4, 0.5) is 0 Å². The zero-order valence-corrected chi connectivity index (χ0v) is 33.3. The summed E-state index contributed by atoms with van der Waals surface area (Å²) in [4.78, 5) is 85.6. The number of ketones is 2. The highest BCUT2D eigenvalue weighted by molar-refractivity contribution is 6.10. The molecule has 0 bridgehead atoms. The van der Waals surface area contributed by atoms with Gasteiger partial charge in [0, 0.05) is 116 Å². The smallest absolute Gasteiger partial charge is 0.335 e. The van der Waals surface area contributed by atoms with E-state index < -0.39 is 5.97 Å². The lowest BCUT2D eigenvalue weighted by molar-refractivity contribution is 0.0535. The van der Waals surface area contributed by atoms with Crippen LogP contribution in [-0.4, -0.2) is 117 Å². The Morgan fingerprint density at radius 1 is 0.377 bits per heavy atom. The van der Waals surface area contributed by atoms with Crippen LogP contribution in [0, 0.1) is 0 Å². The molecule has 2 aromatic heterocycles. The summed E-state index contributed by atoms with van der Waals surface area (Å²) >= 11 is 0. The van der Waals surface area contributed by atoms with E-state index in [1.54, 1.807) is 120 Å². The number of amides is 3. The molecule has 0 unspecified atom stereocenters. The Morgan fingerprint density at radius 3 is 1.03 bits per heavy atom. The molecule has 0 radical (unpaired) electrons. The molecule has 2 aliphatic heterocycles. The average molecular weight is 817 g/mol. The van der Waals surface area contributed by atoms with Gasteiger partial charge in [-0.2, -0.15) is 0 Å². The van der Waals surface area contributed by atoms with Gasteiger partial charge in [0.05, 0.1) is 5.56 Å². The van der Waals surface area contributed by atoms with Gasteiger partial charge >= 0.3 is 5.97 Å². The number of carboxylic acid groups (broad SMARTS) is 1. The van der Waals surface area contributed by atoms with Gasteiger partial charge in [-0.25, -0.2) is 4.79 Å². The number of nitrogens with one attached hydrogen (secondary N) is 1. The van der Waals surface area contributed by atoms with Crippen molar-refractivity contribution in [3.05, 3.63) is 203 Å². The molecule has 0 spiro atoms. The molecule has 3 amide bonds. The zero-order valence-electron chi connectivity index (χ0n) is 33.3. The number of nitrogens with zero attached hydrogens (tertiary/aromatic N) is 5. The molecular weight excluding hydrogens is 773 g/mol. The molecule has 13 heteroatoms. The predicted molar refractivity (Wildman–Crippen MR) is 229 cm³/mol. The van der Waals surface area contributed by atoms with E-state index in [0.717, 1.165) is 31.7 Å². The second-order valence-corrected chi connectivity index (χ2v) is 13.9. The quantitative estimate of drug-likeness (QED) is 0.183. The average Bonchev–Trinajstić information content (AvgIpc) is 3.34. The van der Waals surface area contributed by atoms with Crippen LogP contribution in [-0.2, 0) is 0 Å². The number of hydrogen-bond acceptors (Lipinski definition) is 9. The summed E-state index contributed by atoms with van der Waals surface area (Å²) in [6.07, 6.45) is 6.49. The highest BCUT2D eigenvalue weighted by Crippen LogP contribution is 2.16. The van der Waals surface area contributed by atoms with Crippen molar-refractivity contribution >= 4 is 35.3 Å². The second-order valence-electron chi connectivity index (χ2n) is 13.9. The van der Waals surface area contributed by atoms with E-state index in [1.165, 1.54) is 24.3 Å². The van der Waals surface area contributed by atoms with Gasteiger partial charge in [0.1, 0.15) is 0 Å². The van der Waals surface area contributed by atoms with E-state index in [0.29, 0.717) is 59.6 Å². The summed E-state index contributed by atoms with van der Waals surface area (Å²) in [5.74, 6) is -1.21. The minimum atomic E-state index is -0.997. The number of pyridine rings is 2. The highest BCUT2D eigenvalue weighted by Gasteiger charge is 2.26. The van der Waals surface area contributed by atoms with Gasteiger partial charge in [-0.3, -0.25) is 33.9 Å². The fraction of sp³-hybridized carbons (Fsp3) is 0.167. The van der Waals surface area contributed by atoms with Crippen molar-refractivity contribution in [1.82, 2.24) is 30.0 Å². The van der Waals surface area contributed by atoms with Gasteiger partial charge in [0.25, 0.3) is 17.7 Å². The van der Waals surface area contributed by atoms with Crippen LogP contribution in [0.3, 0.4) is 0 Å². The molecule has 0 saturated carbocycles. The third kappa shape index (κ3) is 11.7. The molecule has 4 heterocycles. The predicted octanol–water partition coefficient (Wildman–Crippen LogP) is 5.65. The Hall–Kier alpha value is -7.64. The molecule has 13 nitrogen and oxygen atoms in total. The summed E-state index contributed by atoms with van der Waals surface area (Å²) in [5.41, 5.74) is 4.28.